The third-order valence-electron chi connectivity index (χ3n) is 3.49. The maximum absolute atomic E-state index is 12.4. The van der Waals surface area contributed by atoms with Crippen LogP contribution in [0.4, 0.5) is 5.69 Å². The van der Waals surface area contributed by atoms with E-state index in [2.05, 4.69) is 4.72 Å². The topological polar surface area (TPSA) is 115 Å². The Balaban J connectivity index is 2.87. The van der Waals surface area contributed by atoms with Gasteiger partial charge in [0.2, 0.25) is 15.9 Å². The molecule has 0 aliphatic carbocycles. The molecule has 0 unspecified atom stereocenters. The largest absolute Gasteiger partial charge is 0.398 e. The molecule has 1 aromatic rings. The molecule has 0 atom stereocenters. The van der Waals surface area contributed by atoms with Crippen molar-refractivity contribution in [2.24, 2.45) is 5.73 Å². The summed E-state index contributed by atoms with van der Waals surface area (Å²) in [5.74, 6) is -0.379. The van der Waals surface area contributed by atoms with Gasteiger partial charge in [-0.15, -0.1) is 0 Å². The quantitative estimate of drug-likeness (QED) is 0.517. The number of primary amides is 1. The number of carbonyl (C=O) groups is 1. The second-order valence-corrected chi connectivity index (χ2v) is 6.89. The van der Waals surface area contributed by atoms with Crippen molar-refractivity contribution in [2.75, 3.05) is 12.3 Å². The SMILES string of the molecule is Cc1cc(N)c(C)c(S(=O)(=O)NCCCCC(N)=O)c1C. The fourth-order valence-electron chi connectivity index (χ4n) is 2.15. The first-order valence-electron chi connectivity index (χ1n) is 6.81. The van der Waals surface area contributed by atoms with Gasteiger partial charge in [-0.3, -0.25) is 4.79 Å². The van der Waals surface area contributed by atoms with E-state index in [-0.39, 0.29) is 23.8 Å². The standard InChI is InChI=1S/C14H23N3O3S/c1-9-8-12(15)11(3)14(10(9)2)21(19,20)17-7-5-4-6-13(16)18/h8,17H,4-7,15H2,1-3H3,(H2,16,18). The molecular formula is C14H23N3O3S. The van der Waals surface area contributed by atoms with E-state index in [9.17, 15) is 13.2 Å². The van der Waals surface area contributed by atoms with E-state index in [1.807, 2.05) is 6.92 Å². The lowest BCUT2D eigenvalue weighted by atomic mass is 10.1. The van der Waals surface area contributed by atoms with E-state index in [4.69, 9.17) is 11.5 Å². The van der Waals surface area contributed by atoms with Crippen LogP contribution >= 0.6 is 0 Å². The van der Waals surface area contributed by atoms with Crippen molar-refractivity contribution in [1.82, 2.24) is 4.72 Å². The number of rotatable bonds is 7. The number of unbranched alkanes of at least 4 members (excludes halogenated alkanes) is 1. The third kappa shape index (κ3) is 4.44. The summed E-state index contributed by atoms with van der Waals surface area (Å²) in [6.45, 7) is 5.56. The Labute approximate surface area is 126 Å². The molecule has 0 saturated heterocycles. The van der Waals surface area contributed by atoms with Crippen molar-refractivity contribution in [3.63, 3.8) is 0 Å². The number of sulfonamides is 1. The molecule has 6 nitrogen and oxygen atoms in total. The first-order valence-corrected chi connectivity index (χ1v) is 8.29. The monoisotopic (exact) mass is 313 g/mol. The molecule has 0 radical (unpaired) electrons. The van der Waals surface area contributed by atoms with Crippen molar-refractivity contribution in [3.05, 3.63) is 22.8 Å². The highest BCUT2D eigenvalue weighted by atomic mass is 32.2. The van der Waals surface area contributed by atoms with Gasteiger partial charge in [0, 0.05) is 18.7 Å². The van der Waals surface area contributed by atoms with Crippen molar-refractivity contribution >= 4 is 21.6 Å². The summed E-state index contributed by atoms with van der Waals surface area (Å²) in [5.41, 5.74) is 13.4. The molecule has 0 aliphatic heterocycles. The average Bonchev–Trinajstić information content (AvgIpc) is 2.35. The van der Waals surface area contributed by atoms with Crippen LogP contribution in [0.25, 0.3) is 0 Å². The van der Waals surface area contributed by atoms with Gasteiger partial charge in [-0.2, -0.15) is 0 Å². The number of carbonyl (C=O) groups excluding carboxylic acids is 1. The van der Waals surface area contributed by atoms with Crippen LogP contribution in [0.1, 0.15) is 36.0 Å². The number of nitrogens with one attached hydrogen (secondary N) is 1. The molecule has 0 spiro atoms. The highest BCUT2D eigenvalue weighted by molar-refractivity contribution is 7.89. The molecule has 118 valence electrons. The number of anilines is 1. The summed E-state index contributed by atoms with van der Waals surface area (Å²) in [7, 11) is -3.61. The predicted octanol–water partition coefficient (Wildman–Crippen LogP) is 1.13. The van der Waals surface area contributed by atoms with Gasteiger partial charge in [-0.25, -0.2) is 13.1 Å². The zero-order valence-corrected chi connectivity index (χ0v) is 13.5. The van der Waals surface area contributed by atoms with Crippen molar-refractivity contribution in [2.45, 2.75) is 44.9 Å². The van der Waals surface area contributed by atoms with E-state index in [1.165, 1.54) is 0 Å². The summed E-state index contributed by atoms with van der Waals surface area (Å²) in [6.07, 6.45) is 1.38. The van der Waals surface area contributed by atoms with Crippen LogP contribution < -0.4 is 16.2 Å². The highest BCUT2D eigenvalue weighted by Gasteiger charge is 2.21. The van der Waals surface area contributed by atoms with Gasteiger partial charge < -0.3 is 11.5 Å². The fraction of sp³-hybridized carbons (Fsp3) is 0.500. The minimum Gasteiger partial charge on any atom is -0.398 e. The normalized spacial score (nSPS) is 11.6. The lowest BCUT2D eigenvalue weighted by Gasteiger charge is -2.15. The van der Waals surface area contributed by atoms with Crippen LogP contribution in [-0.4, -0.2) is 20.9 Å². The molecule has 0 fully saturated rings. The number of aryl methyl sites for hydroxylation is 1. The number of hydrogen-bond acceptors (Lipinski definition) is 4. The Hall–Kier alpha value is -1.60. The van der Waals surface area contributed by atoms with Crippen LogP contribution in [-0.2, 0) is 14.8 Å². The average molecular weight is 313 g/mol. The molecule has 0 aromatic heterocycles. The number of nitrogens with two attached hydrogens (primary N) is 2. The maximum atomic E-state index is 12.4. The van der Waals surface area contributed by atoms with Gasteiger partial charge in [0.25, 0.3) is 0 Å². The summed E-state index contributed by atoms with van der Waals surface area (Å²) in [4.78, 5) is 10.9. The van der Waals surface area contributed by atoms with Gasteiger partial charge in [-0.1, -0.05) is 0 Å². The minimum absolute atomic E-state index is 0.245. The fourth-order valence-corrected chi connectivity index (χ4v) is 3.79. The van der Waals surface area contributed by atoms with Gasteiger partial charge in [-0.05, 0) is 56.4 Å². The minimum atomic E-state index is -3.61. The molecule has 1 aromatic carbocycles. The van der Waals surface area contributed by atoms with Crippen LogP contribution in [0.3, 0.4) is 0 Å². The molecule has 7 heteroatoms. The second kappa shape index (κ2) is 6.91. The Morgan fingerprint density at radius 2 is 1.81 bits per heavy atom. The lowest BCUT2D eigenvalue weighted by Crippen LogP contribution is -2.27. The van der Waals surface area contributed by atoms with E-state index in [0.717, 1.165) is 5.56 Å². The molecule has 0 bridgehead atoms. The summed E-state index contributed by atoms with van der Waals surface area (Å²) >= 11 is 0. The van der Waals surface area contributed by atoms with Crippen LogP contribution in [0.15, 0.2) is 11.0 Å². The predicted molar refractivity (Wildman–Crippen MR) is 83.3 cm³/mol. The van der Waals surface area contributed by atoms with E-state index in [1.54, 1.807) is 19.9 Å². The van der Waals surface area contributed by atoms with Gasteiger partial charge in [0.05, 0.1) is 4.90 Å². The molecule has 0 saturated carbocycles. The third-order valence-corrected chi connectivity index (χ3v) is 5.22. The zero-order chi connectivity index (χ0) is 16.2. The van der Waals surface area contributed by atoms with Crippen LogP contribution in [0, 0.1) is 20.8 Å². The van der Waals surface area contributed by atoms with Gasteiger partial charge >= 0.3 is 0 Å². The van der Waals surface area contributed by atoms with E-state index in [0.29, 0.717) is 29.7 Å². The first-order chi connectivity index (χ1) is 9.66. The first kappa shape index (κ1) is 17.5. The van der Waals surface area contributed by atoms with Crippen molar-refractivity contribution in [1.29, 1.82) is 0 Å². The lowest BCUT2D eigenvalue weighted by molar-refractivity contribution is -0.118. The van der Waals surface area contributed by atoms with Crippen molar-refractivity contribution < 1.29 is 13.2 Å². The van der Waals surface area contributed by atoms with E-state index < -0.39 is 10.0 Å². The number of benzene rings is 1. The number of hydrogen-bond donors (Lipinski definition) is 3. The molecule has 1 amide bonds. The molecule has 0 heterocycles. The second-order valence-electron chi connectivity index (χ2n) is 5.18. The smallest absolute Gasteiger partial charge is 0.241 e. The van der Waals surface area contributed by atoms with Crippen LogP contribution in [0.2, 0.25) is 0 Å². The summed E-state index contributed by atoms with van der Waals surface area (Å²) in [5, 5.41) is 0. The van der Waals surface area contributed by atoms with E-state index >= 15 is 0 Å². The zero-order valence-electron chi connectivity index (χ0n) is 12.7. The molecule has 1 rings (SSSR count). The Kier molecular flexibility index (Phi) is 5.74. The summed E-state index contributed by atoms with van der Waals surface area (Å²) < 4.78 is 27.4. The van der Waals surface area contributed by atoms with Crippen LogP contribution in [0.5, 0.6) is 0 Å². The molecular weight excluding hydrogens is 290 g/mol. The number of amides is 1. The Morgan fingerprint density at radius 1 is 1.19 bits per heavy atom. The highest BCUT2D eigenvalue weighted by Crippen LogP contribution is 2.27. The Morgan fingerprint density at radius 3 is 2.38 bits per heavy atom. The number of nitrogen functional groups attached to an aromatic ring is 1. The molecule has 5 N–H and O–H groups in total. The molecule has 21 heavy (non-hydrogen) atoms. The molecule has 0 aliphatic rings. The van der Waals surface area contributed by atoms with Gasteiger partial charge in [0.1, 0.15) is 0 Å². The maximum Gasteiger partial charge on any atom is 0.241 e. The van der Waals surface area contributed by atoms with Crippen molar-refractivity contribution in [3.8, 4) is 0 Å². The summed E-state index contributed by atoms with van der Waals surface area (Å²) in [6, 6.07) is 1.77. The van der Waals surface area contributed by atoms with Gasteiger partial charge in [0.15, 0.2) is 0 Å². The Bertz CT molecular complexity index is 613.